The standard InChI is InChI=1S/C16H21NO5/c1-4-21-14-9-12(16(20)17-8-7-11(2)3)5-6-13(14)22-10-15(18)19/h5-7,9H,4,8,10H2,1-3H3,(H,17,20)(H,18,19). The third-order valence-corrected chi connectivity index (χ3v) is 2.63. The first-order valence-corrected chi connectivity index (χ1v) is 6.97. The summed E-state index contributed by atoms with van der Waals surface area (Å²) in [7, 11) is 0. The summed E-state index contributed by atoms with van der Waals surface area (Å²) in [4.78, 5) is 22.6. The Bertz CT molecular complexity index is 562. The average Bonchev–Trinajstić information content (AvgIpc) is 2.45. The van der Waals surface area contributed by atoms with E-state index in [1.807, 2.05) is 19.9 Å². The van der Waals surface area contributed by atoms with Gasteiger partial charge in [0, 0.05) is 12.1 Å². The van der Waals surface area contributed by atoms with Crippen LogP contribution < -0.4 is 14.8 Å². The van der Waals surface area contributed by atoms with Gasteiger partial charge in [-0.25, -0.2) is 4.79 Å². The van der Waals surface area contributed by atoms with Crippen LogP contribution in [0, 0.1) is 0 Å². The second-order valence-electron chi connectivity index (χ2n) is 4.77. The predicted octanol–water partition coefficient (Wildman–Crippen LogP) is 2.24. The van der Waals surface area contributed by atoms with Crippen molar-refractivity contribution in [2.45, 2.75) is 20.8 Å². The number of ether oxygens (including phenoxy) is 2. The van der Waals surface area contributed by atoms with Gasteiger partial charge in [0.1, 0.15) is 0 Å². The molecule has 0 aliphatic carbocycles. The minimum absolute atomic E-state index is 0.233. The zero-order chi connectivity index (χ0) is 16.5. The Hall–Kier alpha value is -2.50. The van der Waals surface area contributed by atoms with E-state index < -0.39 is 12.6 Å². The molecule has 0 saturated heterocycles. The first-order chi connectivity index (χ1) is 10.4. The van der Waals surface area contributed by atoms with Crippen LogP contribution in [0.4, 0.5) is 0 Å². The largest absolute Gasteiger partial charge is 0.490 e. The van der Waals surface area contributed by atoms with Crippen molar-refractivity contribution in [1.82, 2.24) is 5.32 Å². The Morgan fingerprint density at radius 2 is 1.95 bits per heavy atom. The average molecular weight is 307 g/mol. The van der Waals surface area contributed by atoms with Gasteiger partial charge in [-0.05, 0) is 39.0 Å². The van der Waals surface area contributed by atoms with Crippen LogP contribution in [0.1, 0.15) is 31.1 Å². The highest BCUT2D eigenvalue weighted by molar-refractivity contribution is 5.95. The van der Waals surface area contributed by atoms with E-state index in [0.29, 0.717) is 30.2 Å². The summed E-state index contributed by atoms with van der Waals surface area (Å²) < 4.78 is 10.5. The van der Waals surface area contributed by atoms with Crippen LogP contribution in [-0.2, 0) is 4.79 Å². The summed E-state index contributed by atoms with van der Waals surface area (Å²) >= 11 is 0. The summed E-state index contributed by atoms with van der Waals surface area (Å²) in [6.07, 6.45) is 1.91. The van der Waals surface area contributed by atoms with Gasteiger partial charge >= 0.3 is 5.97 Å². The molecule has 0 saturated carbocycles. The molecule has 0 aromatic heterocycles. The van der Waals surface area contributed by atoms with Crippen molar-refractivity contribution in [3.8, 4) is 11.5 Å². The van der Waals surface area contributed by atoms with Gasteiger partial charge in [-0.3, -0.25) is 4.79 Å². The molecule has 0 fully saturated rings. The van der Waals surface area contributed by atoms with Gasteiger partial charge in [0.15, 0.2) is 18.1 Å². The molecule has 1 amide bonds. The van der Waals surface area contributed by atoms with Gasteiger partial charge in [-0.2, -0.15) is 0 Å². The quantitative estimate of drug-likeness (QED) is 0.720. The maximum absolute atomic E-state index is 12.0. The first-order valence-electron chi connectivity index (χ1n) is 6.97. The molecule has 0 heterocycles. The van der Waals surface area contributed by atoms with Gasteiger partial charge in [0.05, 0.1) is 6.61 Å². The molecule has 0 spiro atoms. The third-order valence-electron chi connectivity index (χ3n) is 2.63. The molecule has 0 bridgehead atoms. The zero-order valence-electron chi connectivity index (χ0n) is 13.0. The number of carboxylic acid groups (broad SMARTS) is 1. The number of rotatable bonds is 8. The molecule has 0 radical (unpaired) electrons. The lowest BCUT2D eigenvalue weighted by atomic mass is 10.2. The van der Waals surface area contributed by atoms with Gasteiger partial charge in [0.2, 0.25) is 0 Å². The predicted molar refractivity (Wildman–Crippen MR) is 82.5 cm³/mol. The molecule has 0 aliphatic rings. The number of carboxylic acids is 1. The molecule has 0 aliphatic heterocycles. The van der Waals surface area contributed by atoms with E-state index in [2.05, 4.69) is 5.32 Å². The Balaban J connectivity index is 2.84. The molecule has 0 atom stereocenters. The highest BCUT2D eigenvalue weighted by atomic mass is 16.5. The smallest absolute Gasteiger partial charge is 0.341 e. The van der Waals surface area contributed by atoms with E-state index in [0.717, 1.165) is 5.57 Å². The molecule has 6 nitrogen and oxygen atoms in total. The Morgan fingerprint density at radius 1 is 1.23 bits per heavy atom. The number of amides is 1. The van der Waals surface area contributed by atoms with Gasteiger partial charge < -0.3 is 19.9 Å². The normalized spacial score (nSPS) is 9.77. The van der Waals surface area contributed by atoms with Crippen molar-refractivity contribution in [2.75, 3.05) is 19.8 Å². The maximum atomic E-state index is 12.0. The molecule has 1 aromatic carbocycles. The van der Waals surface area contributed by atoms with Crippen molar-refractivity contribution < 1.29 is 24.2 Å². The van der Waals surface area contributed by atoms with Crippen LogP contribution in [0.5, 0.6) is 11.5 Å². The number of nitrogens with one attached hydrogen (secondary N) is 1. The van der Waals surface area contributed by atoms with Crippen molar-refractivity contribution in [3.63, 3.8) is 0 Å². The van der Waals surface area contributed by atoms with E-state index in [-0.39, 0.29) is 5.91 Å². The van der Waals surface area contributed by atoms with Crippen molar-refractivity contribution in [1.29, 1.82) is 0 Å². The zero-order valence-corrected chi connectivity index (χ0v) is 13.0. The molecule has 6 heteroatoms. The van der Waals surface area contributed by atoms with Gasteiger partial charge in [-0.1, -0.05) is 11.6 Å². The van der Waals surface area contributed by atoms with E-state index in [9.17, 15) is 9.59 Å². The molecule has 2 N–H and O–H groups in total. The maximum Gasteiger partial charge on any atom is 0.341 e. The topological polar surface area (TPSA) is 84.9 Å². The van der Waals surface area contributed by atoms with E-state index in [4.69, 9.17) is 14.6 Å². The first kappa shape index (κ1) is 17.6. The molecule has 120 valence electrons. The number of allylic oxidation sites excluding steroid dienone is 1. The second kappa shape index (κ2) is 8.71. The minimum Gasteiger partial charge on any atom is -0.490 e. The Kier molecular flexibility index (Phi) is 6.95. The van der Waals surface area contributed by atoms with Crippen molar-refractivity contribution in [2.24, 2.45) is 0 Å². The number of benzene rings is 1. The van der Waals surface area contributed by atoms with Crippen LogP contribution in [0.15, 0.2) is 29.8 Å². The van der Waals surface area contributed by atoms with E-state index in [1.165, 1.54) is 6.07 Å². The van der Waals surface area contributed by atoms with Crippen LogP contribution in [0.25, 0.3) is 0 Å². The van der Waals surface area contributed by atoms with Crippen LogP contribution in [0.3, 0.4) is 0 Å². The molecular formula is C16H21NO5. The molecule has 1 rings (SSSR count). The number of aliphatic carboxylic acids is 1. The number of hydrogen-bond acceptors (Lipinski definition) is 4. The summed E-state index contributed by atoms with van der Waals surface area (Å²) in [5, 5.41) is 11.4. The summed E-state index contributed by atoms with van der Waals surface area (Å²) in [6.45, 7) is 6.06. The van der Waals surface area contributed by atoms with Gasteiger partial charge in [0.25, 0.3) is 5.91 Å². The molecular weight excluding hydrogens is 286 g/mol. The van der Waals surface area contributed by atoms with Gasteiger partial charge in [-0.15, -0.1) is 0 Å². The van der Waals surface area contributed by atoms with Crippen LogP contribution in [0.2, 0.25) is 0 Å². The lowest BCUT2D eigenvalue weighted by Crippen LogP contribution is -2.23. The molecule has 22 heavy (non-hydrogen) atoms. The fourth-order valence-corrected chi connectivity index (χ4v) is 1.63. The van der Waals surface area contributed by atoms with E-state index >= 15 is 0 Å². The monoisotopic (exact) mass is 307 g/mol. The SMILES string of the molecule is CCOc1cc(C(=O)NCC=C(C)C)ccc1OCC(=O)O. The lowest BCUT2D eigenvalue weighted by Gasteiger charge is -2.12. The highest BCUT2D eigenvalue weighted by Crippen LogP contribution is 2.28. The second-order valence-corrected chi connectivity index (χ2v) is 4.77. The van der Waals surface area contributed by atoms with Crippen molar-refractivity contribution in [3.05, 3.63) is 35.4 Å². The fourth-order valence-electron chi connectivity index (χ4n) is 1.63. The lowest BCUT2D eigenvalue weighted by molar-refractivity contribution is -0.139. The molecule has 1 aromatic rings. The number of carbonyl (C=O) groups is 2. The Morgan fingerprint density at radius 3 is 2.55 bits per heavy atom. The third kappa shape index (κ3) is 5.87. The Labute approximate surface area is 129 Å². The van der Waals surface area contributed by atoms with E-state index in [1.54, 1.807) is 19.1 Å². The summed E-state index contributed by atoms with van der Waals surface area (Å²) in [5.41, 5.74) is 1.54. The molecule has 0 unspecified atom stereocenters. The summed E-state index contributed by atoms with van der Waals surface area (Å²) in [6, 6.07) is 4.64. The summed E-state index contributed by atoms with van der Waals surface area (Å²) in [5.74, 6) is -0.669. The number of carbonyl (C=O) groups excluding carboxylic acids is 1. The minimum atomic E-state index is -1.08. The van der Waals surface area contributed by atoms with Crippen LogP contribution in [-0.4, -0.2) is 36.7 Å². The highest BCUT2D eigenvalue weighted by Gasteiger charge is 2.12. The van der Waals surface area contributed by atoms with Crippen LogP contribution >= 0.6 is 0 Å². The fraction of sp³-hybridized carbons (Fsp3) is 0.375. The van der Waals surface area contributed by atoms with Crippen molar-refractivity contribution >= 4 is 11.9 Å². The number of hydrogen-bond donors (Lipinski definition) is 2.